The molecule has 0 radical (unpaired) electrons. The lowest BCUT2D eigenvalue weighted by atomic mass is 10.1. The largest absolute Gasteiger partial charge is 0.493 e. The molecule has 1 heterocycles. The first-order chi connectivity index (χ1) is 11.6. The van der Waals surface area contributed by atoms with E-state index in [4.69, 9.17) is 15.2 Å². The van der Waals surface area contributed by atoms with E-state index in [1.54, 1.807) is 42.0 Å². The number of hydrogen-bond donors (Lipinski definition) is 1. The van der Waals surface area contributed by atoms with Gasteiger partial charge in [0, 0.05) is 33.1 Å². The van der Waals surface area contributed by atoms with E-state index in [1.165, 1.54) is 0 Å². The highest BCUT2D eigenvalue weighted by molar-refractivity contribution is 5.98. The van der Waals surface area contributed by atoms with Gasteiger partial charge in [-0.15, -0.1) is 0 Å². The van der Waals surface area contributed by atoms with Crippen LogP contribution < -0.4 is 15.2 Å². The van der Waals surface area contributed by atoms with E-state index in [0.717, 1.165) is 0 Å². The van der Waals surface area contributed by atoms with Crippen molar-refractivity contribution in [2.45, 2.75) is 13.3 Å². The van der Waals surface area contributed by atoms with Crippen molar-refractivity contribution in [3.8, 4) is 11.5 Å². The van der Waals surface area contributed by atoms with E-state index in [0.29, 0.717) is 62.8 Å². The highest BCUT2D eigenvalue weighted by Crippen LogP contribution is 2.32. The molecule has 1 saturated heterocycles. The Morgan fingerprint density at radius 3 is 2.42 bits per heavy atom. The van der Waals surface area contributed by atoms with Gasteiger partial charge in [-0.05, 0) is 25.1 Å². The molecule has 7 nitrogen and oxygen atoms in total. The molecule has 1 fully saturated rings. The number of carbonyl (C=O) groups excluding carboxylic acids is 2. The summed E-state index contributed by atoms with van der Waals surface area (Å²) in [6.07, 6.45) is 0.697. The Morgan fingerprint density at radius 1 is 1.17 bits per heavy atom. The normalized spacial score (nSPS) is 14.5. The first-order valence-electron chi connectivity index (χ1n) is 8.13. The number of ether oxygens (including phenoxy) is 2. The Balaban J connectivity index is 2.15. The fourth-order valence-corrected chi connectivity index (χ4v) is 2.65. The highest BCUT2D eigenvalue weighted by Gasteiger charge is 2.26. The maximum absolute atomic E-state index is 12.9. The summed E-state index contributed by atoms with van der Waals surface area (Å²) in [4.78, 5) is 27.7. The maximum Gasteiger partial charge on any atom is 0.257 e. The zero-order valence-electron chi connectivity index (χ0n) is 14.3. The molecule has 1 aliphatic rings. The number of methoxy groups -OCH3 is 1. The third-order valence-electron chi connectivity index (χ3n) is 4.04. The monoisotopic (exact) mass is 335 g/mol. The van der Waals surface area contributed by atoms with Crippen LogP contribution in [-0.4, -0.2) is 68.1 Å². The second-order valence-electron chi connectivity index (χ2n) is 5.63. The van der Waals surface area contributed by atoms with E-state index in [2.05, 4.69) is 0 Å². The summed E-state index contributed by atoms with van der Waals surface area (Å²) in [5.41, 5.74) is 5.97. The van der Waals surface area contributed by atoms with Crippen molar-refractivity contribution in [2.75, 3.05) is 46.4 Å². The van der Waals surface area contributed by atoms with Crippen LogP contribution in [0, 0.1) is 0 Å². The molecule has 2 N–H and O–H groups in total. The predicted octanol–water partition coefficient (Wildman–Crippen LogP) is 0.727. The van der Waals surface area contributed by atoms with Crippen molar-refractivity contribution in [1.82, 2.24) is 9.80 Å². The molecule has 1 aliphatic heterocycles. The molecule has 0 aliphatic carbocycles. The summed E-state index contributed by atoms with van der Waals surface area (Å²) in [6, 6.07) is 5.27. The van der Waals surface area contributed by atoms with Gasteiger partial charge in [0.05, 0.1) is 19.3 Å². The third kappa shape index (κ3) is 4.17. The molecular formula is C17H25N3O4. The fraction of sp³-hybridized carbons (Fsp3) is 0.529. The molecule has 1 aromatic rings. The number of carbonyl (C=O) groups is 2. The average molecular weight is 335 g/mol. The zero-order chi connectivity index (χ0) is 17.5. The zero-order valence-corrected chi connectivity index (χ0v) is 14.3. The van der Waals surface area contributed by atoms with Crippen LogP contribution in [-0.2, 0) is 4.79 Å². The van der Waals surface area contributed by atoms with Crippen molar-refractivity contribution < 1.29 is 19.1 Å². The van der Waals surface area contributed by atoms with Crippen LogP contribution in [0.1, 0.15) is 23.7 Å². The lowest BCUT2D eigenvalue weighted by Gasteiger charge is -2.34. The summed E-state index contributed by atoms with van der Waals surface area (Å²) in [5, 5.41) is 0. The SMILES string of the molecule is COc1cccc(C(=O)N2CCN(C(C)=O)CC2)c1OCCCN. The van der Waals surface area contributed by atoms with Crippen LogP contribution in [0.15, 0.2) is 18.2 Å². The molecule has 132 valence electrons. The van der Waals surface area contributed by atoms with Crippen LogP contribution in [0.3, 0.4) is 0 Å². The minimum atomic E-state index is -0.111. The minimum Gasteiger partial charge on any atom is -0.493 e. The molecule has 7 heteroatoms. The van der Waals surface area contributed by atoms with Gasteiger partial charge < -0.3 is 25.0 Å². The smallest absolute Gasteiger partial charge is 0.257 e. The molecule has 1 aromatic carbocycles. The van der Waals surface area contributed by atoms with Gasteiger partial charge in [-0.25, -0.2) is 0 Å². The van der Waals surface area contributed by atoms with Gasteiger partial charge in [-0.1, -0.05) is 6.07 Å². The van der Waals surface area contributed by atoms with Crippen LogP contribution in [0.2, 0.25) is 0 Å². The van der Waals surface area contributed by atoms with Crippen molar-refractivity contribution in [3.05, 3.63) is 23.8 Å². The van der Waals surface area contributed by atoms with Crippen LogP contribution in [0.4, 0.5) is 0 Å². The van der Waals surface area contributed by atoms with E-state index >= 15 is 0 Å². The standard InChI is InChI=1S/C17H25N3O4/c1-13(21)19-8-10-20(11-9-19)17(22)14-5-3-6-15(23-2)16(14)24-12-4-7-18/h3,5-6H,4,7-12,18H2,1-2H3. The minimum absolute atomic E-state index is 0.0364. The van der Waals surface area contributed by atoms with Gasteiger partial charge in [0.25, 0.3) is 5.91 Å². The van der Waals surface area contributed by atoms with E-state index in [1.807, 2.05) is 0 Å². The molecule has 0 aromatic heterocycles. The molecule has 2 rings (SSSR count). The topological polar surface area (TPSA) is 85.1 Å². The van der Waals surface area contributed by atoms with Gasteiger partial charge in [0.15, 0.2) is 11.5 Å². The van der Waals surface area contributed by atoms with Crippen LogP contribution in [0.5, 0.6) is 11.5 Å². The van der Waals surface area contributed by atoms with E-state index < -0.39 is 0 Å². The van der Waals surface area contributed by atoms with E-state index in [9.17, 15) is 9.59 Å². The molecule has 24 heavy (non-hydrogen) atoms. The molecule has 0 saturated carbocycles. The van der Waals surface area contributed by atoms with Gasteiger partial charge in [0.1, 0.15) is 0 Å². The molecular weight excluding hydrogens is 310 g/mol. The first kappa shape index (κ1) is 18.1. The summed E-state index contributed by atoms with van der Waals surface area (Å²) in [6.45, 7) is 4.61. The number of hydrogen-bond acceptors (Lipinski definition) is 5. The summed E-state index contributed by atoms with van der Waals surface area (Å²) < 4.78 is 11.1. The first-order valence-corrected chi connectivity index (χ1v) is 8.13. The number of piperazine rings is 1. The Labute approximate surface area is 142 Å². The molecule has 0 atom stereocenters. The van der Waals surface area contributed by atoms with Gasteiger partial charge in [-0.3, -0.25) is 9.59 Å². The lowest BCUT2D eigenvalue weighted by molar-refractivity contribution is -0.130. The maximum atomic E-state index is 12.9. The van der Waals surface area contributed by atoms with Gasteiger partial charge in [0.2, 0.25) is 5.91 Å². The van der Waals surface area contributed by atoms with Crippen molar-refractivity contribution in [3.63, 3.8) is 0 Å². The van der Waals surface area contributed by atoms with Gasteiger partial charge in [-0.2, -0.15) is 0 Å². The quantitative estimate of drug-likeness (QED) is 0.775. The van der Waals surface area contributed by atoms with Crippen LogP contribution in [0.25, 0.3) is 0 Å². The van der Waals surface area contributed by atoms with Crippen molar-refractivity contribution in [1.29, 1.82) is 0 Å². The summed E-state index contributed by atoms with van der Waals surface area (Å²) in [5.74, 6) is 0.904. The lowest BCUT2D eigenvalue weighted by Crippen LogP contribution is -2.50. The Morgan fingerprint density at radius 2 is 1.83 bits per heavy atom. The number of rotatable bonds is 6. The Kier molecular flexibility index (Phi) is 6.43. The average Bonchev–Trinajstić information content (AvgIpc) is 2.61. The second kappa shape index (κ2) is 8.54. The van der Waals surface area contributed by atoms with Gasteiger partial charge >= 0.3 is 0 Å². The van der Waals surface area contributed by atoms with E-state index in [-0.39, 0.29) is 11.8 Å². The van der Waals surface area contributed by atoms with Crippen LogP contribution >= 0.6 is 0 Å². The Bertz CT molecular complexity index is 583. The van der Waals surface area contributed by atoms with Crippen molar-refractivity contribution in [2.24, 2.45) is 5.73 Å². The molecule has 0 spiro atoms. The number of para-hydroxylation sites is 1. The number of amides is 2. The highest BCUT2D eigenvalue weighted by atomic mass is 16.5. The summed E-state index contributed by atoms with van der Waals surface area (Å²) >= 11 is 0. The second-order valence-corrected chi connectivity index (χ2v) is 5.63. The molecule has 0 unspecified atom stereocenters. The third-order valence-corrected chi connectivity index (χ3v) is 4.04. The fourth-order valence-electron chi connectivity index (χ4n) is 2.65. The number of benzene rings is 1. The van der Waals surface area contributed by atoms with Crippen molar-refractivity contribution >= 4 is 11.8 Å². The number of nitrogens with two attached hydrogens (primary N) is 1. The predicted molar refractivity (Wildman–Crippen MR) is 90.3 cm³/mol. The molecule has 2 amide bonds. The number of nitrogens with zero attached hydrogens (tertiary/aromatic N) is 2. The molecule has 0 bridgehead atoms. The Hall–Kier alpha value is -2.28. The summed E-state index contributed by atoms with van der Waals surface area (Å²) in [7, 11) is 1.55.